The van der Waals surface area contributed by atoms with Crippen molar-refractivity contribution in [3.05, 3.63) is 88.1 Å². The highest BCUT2D eigenvalue weighted by molar-refractivity contribution is 6.30. The number of pyridine rings is 1. The summed E-state index contributed by atoms with van der Waals surface area (Å²) in [7, 11) is 1.61. The van der Waals surface area contributed by atoms with Crippen molar-refractivity contribution in [1.82, 2.24) is 14.8 Å². The fraction of sp³-hybridized carbons (Fsp3) is 0.0435. The molecule has 0 saturated carbocycles. The molecular weight excluding hydrogens is 416 g/mol. The van der Waals surface area contributed by atoms with Gasteiger partial charge in [-0.2, -0.15) is 5.10 Å². The van der Waals surface area contributed by atoms with Crippen molar-refractivity contribution in [3.8, 4) is 22.7 Å². The van der Waals surface area contributed by atoms with Gasteiger partial charge >= 0.3 is 0 Å². The quantitative estimate of drug-likeness (QED) is 0.265. The molecule has 2 heterocycles. The van der Waals surface area contributed by atoms with Crippen LogP contribution in [0.15, 0.2) is 72.9 Å². The number of ether oxygens (including phenoxy) is 1. The molecule has 0 unspecified atom stereocenters. The number of nitrogens with zero attached hydrogens (tertiary/aromatic N) is 4. The van der Waals surface area contributed by atoms with Gasteiger partial charge in [0.2, 0.25) is 0 Å². The third-order valence-electron chi connectivity index (χ3n) is 5.12. The monoisotopic (exact) mass is 430 g/mol. The van der Waals surface area contributed by atoms with E-state index < -0.39 is 4.92 Å². The summed E-state index contributed by atoms with van der Waals surface area (Å²) in [6.07, 6.45) is 1.75. The number of nitro groups is 1. The lowest BCUT2D eigenvalue weighted by molar-refractivity contribution is -0.384. The van der Waals surface area contributed by atoms with Gasteiger partial charge in [0, 0.05) is 39.7 Å². The summed E-state index contributed by atoms with van der Waals surface area (Å²) in [5.74, 6) is 0.662. The van der Waals surface area contributed by atoms with E-state index in [9.17, 15) is 10.1 Å². The van der Waals surface area contributed by atoms with Gasteiger partial charge in [0.1, 0.15) is 17.0 Å². The molecule has 31 heavy (non-hydrogen) atoms. The van der Waals surface area contributed by atoms with Gasteiger partial charge in [-0.05, 0) is 36.4 Å². The molecule has 152 valence electrons. The fourth-order valence-electron chi connectivity index (χ4n) is 3.70. The highest BCUT2D eigenvalue weighted by Crippen LogP contribution is 2.36. The van der Waals surface area contributed by atoms with Gasteiger partial charge in [-0.25, -0.2) is 4.68 Å². The zero-order chi connectivity index (χ0) is 21.5. The van der Waals surface area contributed by atoms with E-state index in [2.05, 4.69) is 4.98 Å². The Morgan fingerprint density at radius 3 is 2.52 bits per heavy atom. The van der Waals surface area contributed by atoms with Crippen molar-refractivity contribution in [2.45, 2.75) is 0 Å². The number of rotatable bonds is 4. The molecule has 0 amide bonds. The molecule has 0 bridgehead atoms. The molecule has 7 nitrogen and oxygen atoms in total. The number of fused-ring (bicyclic) bond motifs is 3. The van der Waals surface area contributed by atoms with E-state index in [0.29, 0.717) is 16.5 Å². The Hall–Kier alpha value is -3.97. The molecule has 0 aliphatic heterocycles. The first-order valence-electron chi connectivity index (χ1n) is 9.42. The molecule has 0 aliphatic rings. The zero-order valence-electron chi connectivity index (χ0n) is 16.3. The summed E-state index contributed by atoms with van der Waals surface area (Å²) in [4.78, 5) is 15.2. The largest absolute Gasteiger partial charge is 0.494 e. The Balaban J connectivity index is 1.85. The molecule has 0 radical (unpaired) electrons. The second kappa shape index (κ2) is 7.37. The number of benzene rings is 3. The maximum absolute atomic E-state index is 11.0. The summed E-state index contributed by atoms with van der Waals surface area (Å²) in [6.45, 7) is 0. The molecule has 5 rings (SSSR count). The maximum Gasteiger partial charge on any atom is 0.269 e. The molecule has 0 saturated heterocycles. The Morgan fingerprint density at radius 1 is 1.03 bits per heavy atom. The first kappa shape index (κ1) is 19.0. The van der Waals surface area contributed by atoms with Gasteiger partial charge < -0.3 is 4.74 Å². The van der Waals surface area contributed by atoms with Crippen LogP contribution < -0.4 is 4.74 Å². The number of aromatic nitrogens is 3. The second-order valence-corrected chi connectivity index (χ2v) is 7.36. The summed E-state index contributed by atoms with van der Waals surface area (Å²) in [6, 6.07) is 19.5. The highest BCUT2D eigenvalue weighted by atomic mass is 35.5. The van der Waals surface area contributed by atoms with Gasteiger partial charge in [0.25, 0.3) is 5.69 Å². The van der Waals surface area contributed by atoms with Crippen molar-refractivity contribution in [2.75, 3.05) is 7.11 Å². The minimum absolute atomic E-state index is 0.0237. The molecule has 2 aromatic heterocycles. The lowest BCUT2D eigenvalue weighted by Crippen LogP contribution is -1.97. The Morgan fingerprint density at radius 2 is 1.81 bits per heavy atom. The molecule has 0 fully saturated rings. The van der Waals surface area contributed by atoms with Crippen LogP contribution in [0.3, 0.4) is 0 Å². The molecule has 0 aliphatic carbocycles. The van der Waals surface area contributed by atoms with Crippen LogP contribution in [0.2, 0.25) is 5.02 Å². The SMILES string of the molecule is COc1cccc2c1ncc1c(-c3ccc([N+](=O)[O-])cc3)nn(-c3cccc(Cl)c3)c12. The zero-order valence-corrected chi connectivity index (χ0v) is 17.1. The predicted molar refractivity (Wildman–Crippen MR) is 120 cm³/mol. The van der Waals surface area contributed by atoms with E-state index in [1.54, 1.807) is 31.5 Å². The van der Waals surface area contributed by atoms with E-state index in [1.807, 2.05) is 41.1 Å². The highest BCUT2D eigenvalue weighted by Gasteiger charge is 2.19. The van der Waals surface area contributed by atoms with E-state index in [1.165, 1.54) is 12.1 Å². The number of nitro benzene ring substituents is 1. The lowest BCUT2D eigenvalue weighted by atomic mass is 10.1. The molecule has 5 aromatic rings. The van der Waals surface area contributed by atoms with Crippen molar-refractivity contribution < 1.29 is 9.66 Å². The van der Waals surface area contributed by atoms with Crippen molar-refractivity contribution >= 4 is 39.1 Å². The van der Waals surface area contributed by atoms with Gasteiger partial charge in [0.15, 0.2) is 0 Å². The number of para-hydroxylation sites is 1. The van der Waals surface area contributed by atoms with Gasteiger partial charge in [-0.3, -0.25) is 15.1 Å². The molecule has 8 heteroatoms. The summed E-state index contributed by atoms with van der Waals surface area (Å²) in [5.41, 5.74) is 3.80. The summed E-state index contributed by atoms with van der Waals surface area (Å²) < 4.78 is 7.31. The van der Waals surface area contributed by atoms with Crippen LogP contribution >= 0.6 is 11.6 Å². The average molecular weight is 431 g/mol. The molecule has 3 aromatic carbocycles. The molecule has 0 N–H and O–H groups in total. The minimum atomic E-state index is -0.423. The predicted octanol–water partition coefficient (Wildman–Crippen LogP) is 5.81. The van der Waals surface area contributed by atoms with Crippen LogP contribution in [0.25, 0.3) is 38.8 Å². The molecule has 0 spiro atoms. The number of hydrogen-bond donors (Lipinski definition) is 0. The van der Waals surface area contributed by atoms with E-state index in [0.717, 1.165) is 33.1 Å². The standard InChI is InChI=1S/C23H15ClN4O3/c1-31-20-7-3-6-18-22(20)25-13-19-21(14-8-10-16(11-9-14)28(29)30)26-27(23(18)19)17-5-2-4-15(24)12-17/h2-13H,1H3. The van der Waals surface area contributed by atoms with E-state index >= 15 is 0 Å². The Labute approximate surface area is 181 Å². The van der Waals surface area contributed by atoms with Crippen LogP contribution in [0, 0.1) is 10.1 Å². The lowest BCUT2D eigenvalue weighted by Gasteiger charge is -2.08. The Kier molecular flexibility index (Phi) is 4.52. The van der Waals surface area contributed by atoms with Gasteiger partial charge in [-0.15, -0.1) is 0 Å². The number of methoxy groups -OCH3 is 1. The summed E-state index contributed by atoms with van der Waals surface area (Å²) >= 11 is 6.25. The van der Waals surface area contributed by atoms with E-state index in [4.69, 9.17) is 21.4 Å². The number of hydrogen-bond acceptors (Lipinski definition) is 5. The van der Waals surface area contributed by atoms with Gasteiger partial charge in [-0.1, -0.05) is 29.8 Å². The third kappa shape index (κ3) is 3.15. The van der Waals surface area contributed by atoms with Crippen molar-refractivity contribution in [2.24, 2.45) is 0 Å². The van der Waals surface area contributed by atoms with Crippen molar-refractivity contribution in [1.29, 1.82) is 0 Å². The minimum Gasteiger partial charge on any atom is -0.494 e. The average Bonchev–Trinajstić information content (AvgIpc) is 3.19. The van der Waals surface area contributed by atoms with Gasteiger partial charge in [0.05, 0.1) is 23.2 Å². The maximum atomic E-state index is 11.0. The van der Waals surface area contributed by atoms with Crippen LogP contribution in [0.1, 0.15) is 0 Å². The van der Waals surface area contributed by atoms with E-state index in [-0.39, 0.29) is 5.69 Å². The smallest absolute Gasteiger partial charge is 0.269 e. The topological polar surface area (TPSA) is 83.1 Å². The van der Waals surface area contributed by atoms with Crippen LogP contribution in [0.5, 0.6) is 5.75 Å². The molecule has 0 atom stereocenters. The summed E-state index contributed by atoms with van der Waals surface area (Å²) in [5, 5.41) is 18.2. The Bertz CT molecular complexity index is 1460. The van der Waals surface area contributed by atoms with Crippen LogP contribution in [0.4, 0.5) is 5.69 Å². The number of halogens is 1. The van der Waals surface area contributed by atoms with Crippen LogP contribution in [-0.2, 0) is 0 Å². The normalized spacial score (nSPS) is 11.2. The first-order valence-corrected chi connectivity index (χ1v) is 9.80. The number of non-ortho nitro benzene ring substituents is 1. The first-order chi connectivity index (χ1) is 15.1. The fourth-order valence-corrected chi connectivity index (χ4v) is 3.89. The molecular formula is C23H15ClN4O3. The second-order valence-electron chi connectivity index (χ2n) is 6.92. The third-order valence-corrected chi connectivity index (χ3v) is 5.36. The van der Waals surface area contributed by atoms with Crippen LogP contribution in [-0.4, -0.2) is 26.8 Å². The van der Waals surface area contributed by atoms with Crippen molar-refractivity contribution in [3.63, 3.8) is 0 Å².